The first-order valence-corrected chi connectivity index (χ1v) is 8.67. The summed E-state index contributed by atoms with van der Waals surface area (Å²) in [5.74, 6) is -0.915. The van der Waals surface area contributed by atoms with Crippen LogP contribution in [0.1, 0.15) is 33.4 Å². The van der Waals surface area contributed by atoms with E-state index in [1.807, 2.05) is 12.2 Å². The fourth-order valence-electron chi connectivity index (χ4n) is 2.53. The fraction of sp³-hybridized carbons (Fsp3) is 0.294. The summed E-state index contributed by atoms with van der Waals surface area (Å²) in [4.78, 5) is 18.3. The lowest BCUT2D eigenvalue weighted by Crippen LogP contribution is -2.43. The molecule has 140 valence electrons. The molecule has 3 aromatic heterocycles. The summed E-state index contributed by atoms with van der Waals surface area (Å²) in [5.41, 5.74) is 1.61. The van der Waals surface area contributed by atoms with Crippen LogP contribution in [0.4, 0.5) is 13.2 Å². The van der Waals surface area contributed by atoms with Crippen LogP contribution in [-0.2, 0) is 0 Å². The number of nitrogens with zero attached hydrogens (tertiary/aromatic N) is 4. The normalized spacial score (nSPS) is 12.8. The summed E-state index contributed by atoms with van der Waals surface area (Å²) < 4.78 is 39.5. The zero-order chi connectivity index (χ0) is 19.9. The first kappa shape index (κ1) is 18.8. The van der Waals surface area contributed by atoms with E-state index in [4.69, 9.17) is 0 Å². The van der Waals surface area contributed by atoms with Gasteiger partial charge in [0.1, 0.15) is 17.7 Å². The minimum Gasteiger partial charge on any atom is -0.340 e. The van der Waals surface area contributed by atoms with Gasteiger partial charge < -0.3 is 5.32 Å². The van der Waals surface area contributed by atoms with Gasteiger partial charge in [-0.25, -0.2) is 9.50 Å². The fourth-order valence-corrected chi connectivity index (χ4v) is 3.46. The topological polar surface area (TPSA) is 83.1 Å². The van der Waals surface area contributed by atoms with E-state index in [1.165, 1.54) is 22.0 Å². The molecule has 3 aromatic rings. The third-order valence-corrected chi connectivity index (χ3v) is 5.01. The van der Waals surface area contributed by atoms with E-state index in [9.17, 15) is 23.2 Å². The summed E-state index contributed by atoms with van der Waals surface area (Å²) in [6, 6.07) is 3.54. The van der Waals surface area contributed by atoms with E-state index in [0.717, 1.165) is 11.8 Å². The number of aromatic nitrogens is 3. The smallest absolute Gasteiger partial charge is 0.340 e. The molecule has 0 spiro atoms. The summed E-state index contributed by atoms with van der Waals surface area (Å²) in [7, 11) is 0. The van der Waals surface area contributed by atoms with Gasteiger partial charge >= 0.3 is 6.18 Å². The number of amides is 1. The van der Waals surface area contributed by atoms with Gasteiger partial charge in [0.05, 0.1) is 22.3 Å². The molecule has 1 amide bonds. The number of alkyl halides is 3. The molecule has 0 aliphatic rings. The Balaban J connectivity index is 2.08. The molecule has 0 unspecified atom stereocenters. The number of rotatable bonds is 3. The number of nitriles is 1. The van der Waals surface area contributed by atoms with Crippen LogP contribution in [0.5, 0.6) is 0 Å². The molecule has 0 saturated heterocycles. The zero-order valence-electron chi connectivity index (χ0n) is 14.5. The Morgan fingerprint density at radius 2 is 2.07 bits per heavy atom. The minimum absolute atomic E-state index is 0.0668. The predicted octanol–water partition coefficient (Wildman–Crippen LogP) is 3.63. The van der Waals surface area contributed by atoms with Gasteiger partial charge in [-0.1, -0.05) is 0 Å². The third kappa shape index (κ3) is 3.50. The second-order valence-electron chi connectivity index (χ2n) is 6.02. The van der Waals surface area contributed by atoms with Crippen LogP contribution in [0.15, 0.2) is 18.3 Å². The van der Waals surface area contributed by atoms with Crippen molar-refractivity contribution in [3.05, 3.63) is 40.0 Å². The Kier molecular flexibility index (Phi) is 4.65. The molecule has 0 saturated carbocycles. The minimum atomic E-state index is -4.55. The molecule has 1 N–H and O–H groups in total. The molecular weight excluding hydrogens is 379 g/mol. The highest BCUT2D eigenvalue weighted by Gasteiger charge is 2.37. The number of hydrogen-bond acceptors (Lipinski definition) is 5. The number of carbonyl (C=O) groups is 1. The Bertz CT molecular complexity index is 1080. The van der Waals surface area contributed by atoms with Crippen molar-refractivity contribution in [3.8, 4) is 16.6 Å². The Labute approximate surface area is 156 Å². The molecule has 10 heteroatoms. The molecule has 0 bridgehead atoms. The van der Waals surface area contributed by atoms with E-state index in [-0.39, 0.29) is 11.2 Å². The van der Waals surface area contributed by atoms with Gasteiger partial charge in [-0.05, 0) is 32.9 Å². The van der Waals surface area contributed by atoms with Crippen LogP contribution in [0.25, 0.3) is 16.2 Å². The number of fused-ring (bicyclic) bond motifs is 1. The summed E-state index contributed by atoms with van der Waals surface area (Å²) in [6.45, 7) is 4.45. The van der Waals surface area contributed by atoms with Gasteiger partial charge in [0.2, 0.25) is 0 Å². The average Bonchev–Trinajstić information content (AvgIpc) is 3.17. The van der Waals surface area contributed by atoms with Crippen LogP contribution >= 0.6 is 11.3 Å². The van der Waals surface area contributed by atoms with Crippen LogP contribution in [0.3, 0.4) is 0 Å². The molecule has 0 aliphatic carbocycles. The monoisotopic (exact) mass is 393 g/mol. The largest absolute Gasteiger partial charge is 0.408 e. The first-order chi connectivity index (χ1) is 12.6. The van der Waals surface area contributed by atoms with Gasteiger partial charge in [-0.2, -0.15) is 23.5 Å². The molecule has 0 fully saturated rings. The lowest BCUT2D eigenvalue weighted by molar-refractivity contribution is -0.149. The highest BCUT2D eigenvalue weighted by molar-refractivity contribution is 7.15. The van der Waals surface area contributed by atoms with Gasteiger partial charge in [0.15, 0.2) is 5.65 Å². The van der Waals surface area contributed by atoms with Gasteiger partial charge in [0.25, 0.3) is 5.91 Å². The molecule has 27 heavy (non-hydrogen) atoms. The lowest BCUT2D eigenvalue weighted by atomic mass is 10.2. The van der Waals surface area contributed by atoms with Crippen LogP contribution < -0.4 is 5.32 Å². The number of halogens is 3. The van der Waals surface area contributed by atoms with Crippen molar-refractivity contribution in [2.45, 2.75) is 33.0 Å². The predicted molar refractivity (Wildman–Crippen MR) is 93.5 cm³/mol. The zero-order valence-corrected chi connectivity index (χ0v) is 15.4. The molecule has 3 rings (SSSR count). The molecule has 0 aromatic carbocycles. The molecular formula is C17H14F3N5OS. The van der Waals surface area contributed by atoms with Crippen molar-refractivity contribution in [2.75, 3.05) is 0 Å². The summed E-state index contributed by atoms with van der Waals surface area (Å²) in [6.07, 6.45) is -3.37. The van der Waals surface area contributed by atoms with Crippen molar-refractivity contribution in [1.29, 1.82) is 5.26 Å². The van der Waals surface area contributed by atoms with Crippen LogP contribution in [0, 0.1) is 25.2 Å². The summed E-state index contributed by atoms with van der Waals surface area (Å²) >= 11 is 1.38. The number of nitrogens with one attached hydrogen (secondary N) is 1. The third-order valence-electron chi connectivity index (χ3n) is 3.94. The standard InChI is InChI=1S/C17H14F3N5OS/c1-8-4-13(14-11(6-21)5-9(2)27-14)24-15-12(7-22-25(8)15)16(26)23-10(3)17(18,19)20/h4-5,7,10H,1-3H3,(H,23,26)/t10-/m1/s1. The Hall–Kier alpha value is -2.93. The van der Waals surface area contributed by atoms with Crippen molar-refractivity contribution < 1.29 is 18.0 Å². The van der Waals surface area contributed by atoms with Crippen molar-refractivity contribution in [3.63, 3.8) is 0 Å². The van der Waals surface area contributed by atoms with Crippen molar-refractivity contribution >= 4 is 22.9 Å². The van der Waals surface area contributed by atoms with Crippen LogP contribution in [0.2, 0.25) is 0 Å². The molecule has 1 atom stereocenters. The lowest BCUT2D eigenvalue weighted by Gasteiger charge is -2.16. The number of thiophene rings is 1. The summed E-state index contributed by atoms with van der Waals surface area (Å²) in [5, 5.41) is 15.2. The maximum Gasteiger partial charge on any atom is 0.408 e. The van der Waals surface area contributed by atoms with Crippen molar-refractivity contribution in [1.82, 2.24) is 19.9 Å². The maximum atomic E-state index is 12.7. The highest BCUT2D eigenvalue weighted by Crippen LogP contribution is 2.32. The number of hydrogen-bond donors (Lipinski definition) is 1. The quantitative estimate of drug-likeness (QED) is 0.737. The molecule has 0 radical (unpaired) electrons. The maximum absolute atomic E-state index is 12.7. The van der Waals surface area contributed by atoms with E-state index >= 15 is 0 Å². The highest BCUT2D eigenvalue weighted by atomic mass is 32.1. The van der Waals surface area contributed by atoms with Crippen LogP contribution in [-0.4, -0.2) is 32.7 Å². The van der Waals surface area contributed by atoms with E-state index in [0.29, 0.717) is 21.8 Å². The second-order valence-corrected chi connectivity index (χ2v) is 7.28. The molecule has 3 heterocycles. The molecule has 6 nitrogen and oxygen atoms in total. The number of aryl methyl sites for hydroxylation is 2. The molecule has 0 aliphatic heterocycles. The second kappa shape index (κ2) is 6.66. The van der Waals surface area contributed by atoms with Gasteiger partial charge in [-0.15, -0.1) is 11.3 Å². The van der Waals surface area contributed by atoms with Crippen molar-refractivity contribution in [2.24, 2.45) is 0 Å². The van der Waals surface area contributed by atoms with E-state index in [2.05, 4.69) is 16.2 Å². The Morgan fingerprint density at radius 1 is 1.37 bits per heavy atom. The van der Waals surface area contributed by atoms with Gasteiger partial charge in [0, 0.05) is 10.6 Å². The Morgan fingerprint density at radius 3 is 2.70 bits per heavy atom. The van der Waals surface area contributed by atoms with Gasteiger partial charge in [-0.3, -0.25) is 4.79 Å². The first-order valence-electron chi connectivity index (χ1n) is 7.85. The van der Waals surface area contributed by atoms with E-state index < -0.39 is 18.1 Å². The average molecular weight is 393 g/mol. The SMILES string of the molecule is Cc1cc(C#N)c(-c2cc(C)n3ncc(C(=O)N[C@H](C)C(F)(F)F)c3n2)s1. The van der Waals surface area contributed by atoms with E-state index in [1.54, 1.807) is 19.1 Å². The number of carbonyl (C=O) groups excluding carboxylic acids is 1.